The smallest absolute Gasteiger partial charge is 0.250 e. The minimum atomic E-state index is -3.34. The predicted octanol–water partition coefficient (Wildman–Crippen LogP) is 2.52. The summed E-state index contributed by atoms with van der Waals surface area (Å²) in [6, 6.07) is 3.38. The van der Waals surface area contributed by atoms with Crippen molar-refractivity contribution >= 4 is 37.3 Å². The predicted molar refractivity (Wildman–Crippen MR) is 82.0 cm³/mol. The Morgan fingerprint density at radius 2 is 2.32 bits per heavy atom. The Morgan fingerprint density at radius 3 is 2.95 bits per heavy atom. The van der Waals surface area contributed by atoms with Crippen LogP contribution in [0.1, 0.15) is 19.8 Å². The topological polar surface area (TPSA) is 49.4 Å². The molecule has 2 heterocycles. The minimum absolute atomic E-state index is 0.367. The van der Waals surface area contributed by atoms with Crippen LogP contribution in [0.25, 0.3) is 0 Å². The number of thiophene rings is 1. The van der Waals surface area contributed by atoms with Crippen LogP contribution in [-0.2, 0) is 10.0 Å². The maximum absolute atomic E-state index is 12.0. The molecule has 4 nitrogen and oxygen atoms in total. The molecular formula is C12H19BrN2O2S2. The number of likely N-dealkylation sites (tertiary alicyclic amines) is 1. The van der Waals surface area contributed by atoms with E-state index in [0.29, 0.717) is 10.8 Å². The van der Waals surface area contributed by atoms with Crippen molar-refractivity contribution in [2.45, 2.75) is 24.0 Å². The molecular weight excluding hydrogens is 348 g/mol. The fraction of sp³-hybridized carbons (Fsp3) is 0.667. The number of hydrogen-bond donors (Lipinski definition) is 1. The normalized spacial score (nSPS) is 21.7. The lowest BCUT2D eigenvalue weighted by molar-refractivity contribution is 0.187. The van der Waals surface area contributed by atoms with Crippen molar-refractivity contribution in [3.8, 4) is 0 Å². The highest BCUT2D eigenvalue weighted by Crippen LogP contribution is 2.25. The molecule has 0 saturated carbocycles. The van der Waals surface area contributed by atoms with Gasteiger partial charge in [0.05, 0.1) is 3.79 Å². The van der Waals surface area contributed by atoms with Gasteiger partial charge in [-0.1, -0.05) is 6.92 Å². The Labute approximate surface area is 127 Å². The van der Waals surface area contributed by atoms with E-state index in [0.717, 1.165) is 29.3 Å². The summed E-state index contributed by atoms with van der Waals surface area (Å²) in [5, 5.41) is 0. The van der Waals surface area contributed by atoms with Gasteiger partial charge >= 0.3 is 0 Å². The molecule has 1 saturated heterocycles. The highest BCUT2D eigenvalue weighted by Gasteiger charge is 2.18. The molecule has 7 heteroatoms. The second-order valence-corrected chi connectivity index (χ2v) is 9.46. The minimum Gasteiger partial charge on any atom is -0.302 e. The highest BCUT2D eigenvalue weighted by atomic mass is 79.9. The monoisotopic (exact) mass is 366 g/mol. The maximum atomic E-state index is 12.0. The Bertz CT molecular complexity index is 516. The number of piperidine rings is 1. The van der Waals surface area contributed by atoms with Crippen molar-refractivity contribution in [3.05, 3.63) is 15.9 Å². The van der Waals surface area contributed by atoms with Gasteiger partial charge in [0.15, 0.2) is 0 Å². The molecule has 0 amide bonds. The lowest BCUT2D eigenvalue weighted by Gasteiger charge is -2.30. The molecule has 0 aliphatic carbocycles. The molecule has 0 bridgehead atoms. The zero-order chi connectivity index (χ0) is 13.9. The van der Waals surface area contributed by atoms with Gasteiger partial charge in [0.1, 0.15) is 4.21 Å². The largest absolute Gasteiger partial charge is 0.302 e. The third-order valence-electron chi connectivity index (χ3n) is 3.27. The van der Waals surface area contributed by atoms with Crippen LogP contribution in [0.15, 0.2) is 20.1 Å². The van der Waals surface area contributed by atoms with E-state index in [1.54, 1.807) is 12.1 Å². The summed E-state index contributed by atoms with van der Waals surface area (Å²) < 4.78 is 27.9. The summed E-state index contributed by atoms with van der Waals surface area (Å²) >= 11 is 4.51. The Balaban J connectivity index is 1.82. The van der Waals surface area contributed by atoms with Gasteiger partial charge in [-0.2, -0.15) is 0 Å². The van der Waals surface area contributed by atoms with Crippen molar-refractivity contribution in [1.29, 1.82) is 0 Å². The van der Waals surface area contributed by atoms with E-state index >= 15 is 0 Å². The van der Waals surface area contributed by atoms with Crippen LogP contribution in [0.2, 0.25) is 0 Å². The first-order chi connectivity index (χ1) is 8.97. The third kappa shape index (κ3) is 4.53. The number of rotatable bonds is 5. The molecule has 108 valence electrons. The quantitative estimate of drug-likeness (QED) is 0.870. The summed E-state index contributed by atoms with van der Waals surface area (Å²) in [7, 11) is -3.34. The molecule has 2 rings (SSSR count). The third-order valence-corrected chi connectivity index (χ3v) is 6.85. The first-order valence-corrected chi connectivity index (χ1v) is 9.54. The Morgan fingerprint density at radius 1 is 1.53 bits per heavy atom. The van der Waals surface area contributed by atoms with E-state index in [1.807, 2.05) is 0 Å². The molecule has 0 radical (unpaired) electrons. The average molecular weight is 367 g/mol. The molecule has 1 atom stereocenters. The van der Waals surface area contributed by atoms with Gasteiger partial charge in [0.25, 0.3) is 0 Å². The van der Waals surface area contributed by atoms with Gasteiger partial charge in [-0.3, -0.25) is 0 Å². The van der Waals surface area contributed by atoms with Crippen LogP contribution in [0, 0.1) is 5.92 Å². The summed E-state index contributed by atoms with van der Waals surface area (Å²) in [6.07, 6.45) is 2.50. The molecule has 1 aromatic heterocycles. The Kier molecular flexibility index (Phi) is 5.42. The van der Waals surface area contributed by atoms with Crippen molar-refractivity contribution < 1.29 is 8.42 Å². The lowest BCUT2D eigenvalue weighted by atomic mass is 10.0. The van der Waals surface area contributed by atoms with Gasteiger partial charge in [0.2, 0.25) is 10.0 Å². The van der Waals surface area contributed by atoms with Gasteiger partial charge < -0.3 is 4.90 Å². The molecule has 1 fully saturated rings. The fourth-order valence-corrected chi connectivity index (χ4v) is 5.42. The number of nitrogens with one attached hydrogen (secondary N) is 1. The first-order valence-electron chi connectivity index (χ1n) is 6.45. The molecule has 1 aromatic rings. The number of halogens is 1. The number of nitrogens with zero attached hydrogens (tertiary/aromatic N) is 1. The zero-order valence-electron chi connectivity index (χ0n) is 10.9. The molecule has 19 heavy (non-hydrogen) atoms. The van der Waals surface area contributed by atoms with Crippen LogP contribution in [-0.4, -0.2) is 39.5 Å². The molecule has 1 aliphatic heterocycles. The van der Waals surface area contributed by atoms with Crippen molar-refractivity contribution in [3.63, 3.8) is 0 Å². The molecule has 1 N–H and O–H groups in total. The van der Waals surface area contributed by atoms with Crippen LogP contribution >= 0.6 is 27.3 Å². The van der Waals surface area contributed by atoms with Crippen LogP contribution < -0.4 is 4.72 Å². The summed E-state index contributed by atoms with van der Waals surface area (Å²) in [5.74, 6) is 0.721. The van der Waals surface area contributed by atoms with Gasteiger partial charge in [0, 0.05) is 19.6 Å². The second-order valence-electron chi connectivity index (χ2n) is 5.00. The van der Waals surface area contributed by atoms with E-state index < -0.39 is 10.0 Å². The first kappa shape index (κ1) is 15.4. The van der Waals surface area contributed by atoms with Crippen LogP contribution in [0.3, 0.4) is 0 Å². The van der Waals surface area contributed by atoms with Crippen molar-refractivity contribution in [2.75, 3.05) is 26.2 Å². The SMILES string of the molecule is C[C@H]1CCCN(CCNS(=O)(=O)c2ccc(Br)s2)C1. The van der Waals surface area contributed by atoms with E-state index in [1.165, 1.54) is 24.2 Å². The van der Waals surface area contributed by atoms with Crippen LogP contribution in [0.4, 0.5) is 0 Å². The highest BCUT2D eigenvalue weighted by molar-refractivity contribution is 9.11. The molecule has 0 unspecified atom stereocenters. The maximum Gasteiger partial charge on any atom is 0.250 e. The van der Waals surface area contributed by atoms with Gasteiger partial charge in [-0.05, 0) is 53.4 Å². The summed E-state index contributed by atoms with van der Waals surface area (Å²) in [4.78, 5) is 2.33. The van der Waals surface area contributed by atoms with E-state index in [4.69, 9.17) is 0 Å². The molecule has 1 aliphatic rings. The van der Waals surface area contributed by atoms with Crippen molar-refractivity contribution in [2.24, 2.45) is 5.92 Å². The molecule has 0 spiro atoms. The number of sulfonamides is 1. The zero-order valence-corrected chi connectivity index (χ0v) is 14.2. The number of hydrogen-bond acceptors (Lipinski definition) is 4. The van der Waals surface area contributed by atoms with Crippen LogP contribution in [0.5, 0.6) is 0 Å². The van der Waals surface area contributed by atoms with E-state index in [9.17, 15) is 8.42 Å². The Hall–Kier alpha value is 0.0500. The summed E-state index contributed by atoms with van der Waals surface area (Å²) in [5.41, 5.74) is 0. The van der Waals surface area contributed by atoms with Crippen molar-refractivity contribution in [1.82, 2.24) is 9.62 Å². The lowest BCUT2D eigenvalue weighted by Crippen LogP contribution is -2.39. The molecule has 0 aromatic carbocycles. The fourth-order valence-electron chi connectivity index (χ4n) is 2.34. The standard InChI is InChI=1S/C12H19BrN2O2S2/c1-10-3-2-7-15(9-10)8-6-14-19(16,17)12-5-4-11(13)18-12/h4-5,10,14H,2-3,6-9H2,1H3/t10-/m0/s1. The van der Waals surface area contributed by atoms with E-state index in [2.05, 4.69) is 32.5 Å². The second kappa shape index (κ2) is 6.67. The average Bonchev–Trinajstić information content (AvgIpc) is 2.76. The van der Waals surface area contributed by atoms with E-state index in [-0.39, 0.29) is 0 Å². The summed E-state index contributed by atoms with van der Waals surface area (Å²) in [6.45, 7) is 5.67. The van der Waals surface area contributed by atoms with Gasteiger partial charge in [-0.25, -0.2) is 13.1 Å². The van der Waals surface area contributed by atoms with Gasteiger partial charge in [-0.15, -0.1) is 11.3 Å².